The summed E-state index contributed by atoms with van der Waals surface area (Å²) < 4.78 is 8.98. The molecule has 0 unspecified atom stereocenters. The lowest BCUT2D eigenvalue weighted by atomic mass is 9.95. The molecule has 2 aromatic heterocycles. The maximum atomic E-state index is 6.38. The highest BCUT2D eigenvalue weighted by Crippen LogP contribution is 2.48. The fraction of sp³-hybridized carbons (Fsp3) is 0. The van der Waals surface area contributed by atoms with Gasteiger partial charge in [0, 0.05) is 58.7 Å². The Morgan fingerprint density at radius 3 is 1.73 bits per heavy atom. The van der Waals surface area contributed by atoms with E-state index in [2.05, 4.69) is 169 Å². The fourth-order valence-corrected chi connectivity index (χ4v) is 8.69. The Balaban J connectivity index is 1.17. The minimum absolute atomic E-state index is 0.919. The summed E-state index contributed by atoms with van der Waals surface area (Å²) in [5.74, 6) is 0. The van der Waals surface area contributed by atoms with E-state index in [-0.39, 0.29) is 0 Å². The first-order valence-corrected chi connectivity index (χ1v) is 17.4. The molecule has 0 aliphatic rings. The van der Waals surface area contributed by atoms with Gasteiger partial charge in [0.05, 0.1) is 5.69 Å². The Morgan fingerprint density at radius 2 is 1.00 bits per heavy atom. The molecule has 0 saturated heterocycles. The third kappa shape index (κ3) is 4.47. The second-order valence-corrected chi connectivity index (χ2v) is 13.5. The number of rotatable bonds is 5. The van der Waals surface area contributed by atoms with E-state index in [1.807, 2.05) is 23.5 Å². The molecule has 0 bridgehead atoms. The molecule has 10 aromatic rings. The van der Waals surface area contributed by atoms with Crippen molar-refractivity contribution in [2.45, 2.75) is 0 Å². The van der Waals surface area contributed by atoms with Gasteiger partial charge in [-0.1, -0.05) is 133 Å². The van der Waals surface area contributed by atoms with Crippen molar-refractivity contribution in [2.75, 3.05) is 4.90 Å². The number of hydrogen-bond donors (Lipinski definition) is 0. The molecule has 49 heavy (non-hydrogen) atoms. The summed E-state index contributed by atoms with van der Waals surface area (Å²) in [4.78, 5) is 2.39. The third-order valence-corrected chi connectivity index (χ3v) is 10.9. The molecule has 0 amide bonds. The molecule has 0 aliphatic heterocycles. The van der Waals surface area contributed by atoms with E-state index < -0.39 is 0 Å². The van der Waals surface area contributed by atoms with E-state index in [4.69, 9.17) is 4.42 Å². The molecule has 230 valence electrons. The van der Waals surface area contributed by atoms with Crippen LogP contribution in [0.25, 0.3) is 75.1 Å². The third-order valence-electron chi connectivity index (χ3n) is 9.66. The van der Waals surface area contributed by atoms with Crippen LogP contribution in [-0.4, -0.2) is 0 Å². The van der Waals surface area contributed by atoms with Crippen LogP contribution in [0.3, 0.4) is 0 Å². The Labute approximate surface area is 287 Å². The number of anilines is 3. The summed E-state index contributed by atoms with van der Waals surface area (Å²) >= 11 is 1.88. The average Bonchev–Trinajstić information content (AvgIpc) is 3.75. The van der Waals surface area contributed by atoms with Crippen molar-refractivity contribution in [1.29, 1.82) is 0 Å². The number of benzene rings is 8. The van der Waals surface area contributed by atoms with Gasteiger partial charge in [0.1, 0.15) is 11.2 Å². The lowest BCUT2D eigenvalue weighted by Crippen LogP contribution is -2.10. The van der Waals surface area contributed by atoms with Gasteiger partial charge in [-0.3, -0.25) is 0 Å². The smallest absolute Gasteiger partial charge is 0.143 e. The number of para-hydroxylation sites is 4. The van der Waals surface area contributed by atoms with E-state index in [1.54, 1.807) is 0 Å². The number of nitrogens with zero attached hydrogens (tertiary/aromatic N) is 1. The summed E-state index contributed by atoms with van der Waals surface area (Å²) in [6, 6.07) is 63.1. The van der Waals surface area contributed by atoms with Gasteiger partial charge < -0.3 is 9.32 Å². The standard InChI is InChI=1S/C46H29NOS/c1-3-13-32(14-4-1)47(33-15-5-2-6-16-33)41-29-40-44-34(20-12-24-43(44)49-46(40)39-19-8-7-17-36(39)41)30-25-27-31(28-26-30)35-21-11-22-38-37-18-9-10-23-42(37)48-45(35)38/h1-29H. The maximum Gasteiger partial charge on any atom is 0.143 e. The molecule has 0 atom stereocenters. The van der Waals surface area contributed by atoms with Gasteiger partial charge >= 0.3 is 0 Å². The summed E-state index contributed by atoms with van der Waals surface area (Å²) in [6.07, 6.45) is 0. The molecule has 2 nitrogen and oxygen atoms in total. The predicted octanol–water partition coefficient (Wildman–Crippen LogP) is 13.9. The lowest BCUT2D eigenvalue weighted by molar-refractivity contribution is 0.670. The average molecular weight is 644 g/mol. The molecular formula is C46H29NOS. The van der Waals surface area contributed by atoms with Gasteiger partial charge in [0.15, 0.2) is 0 Å². The van der Waals surface area contributed by atoms with Crippen LogP contribution in [0.4, 0.5) is 17.1 Å². The SMILES string of the molecule is c1ccc(N(c2ccccc2)c2cc3c(sc4cccc(-c5ccc(-c6cccc7c6oc6ccccc67)cc5)c43)c3ccccc23)cc1. The van der Waals surface area contributed by atoms with Gasteiger partial charge in [-0.25, -0.2) is 0 Å². The van der Waals surface area contributed by atoms with Crippen molar-refractivity contribution in [3.05, 3.63) is 176 Å². The van der Waals surface area contributed by atoms with Crippen LogP contribution in [0.5, 0.6) is 0 Å². The maximum absolute atomic E-state index is 6.38. The minimum atomic E-state index is 0.919. The van der Waals surface area contributed by atoms with Crippen LogP contribution in [0.1, 0.15) is 0 Å². The molecule has 8 aromatic carbocycles. The Bertz CT molecular complexity index is 2770. The number of hydrogen-bond acceptors (Lipinski definition) is 3. The molecule has 10 rings (SSSR count). The Hall–Kier alpha value is -6.16. The van der Waals surface area contributed by atoms with Crippen molar-refractivity contribution < 1.29 is 4.42 Å². The number of fused-ring (bicyclic) bond motifs is 8. The molecule has 0 fully saturated rings. The Morgan fingerprint density at radius 1 is 0.429 bits per heavy atom. The summed E-state index contributed by atoms with van der Waals surface area (Å²) in [7, 11) is 0. The summed E-state index contributed by atoms with van der Waals surface area (Å²) in [5, 5.41) is 7.37. The number of furan rings is 1. The van der Waals surface area contributed by atoms with Gasteiger partial charge in [-0.05, 0) is 59.2 Å². The Kier molecular flexibility index (Phi) is 6.39. The largest absolute Gasteiger partial charge is 0.455 e. The first-order valence-electron chi connectivity index (χ1n) is 16.6. The van der Waals surface area contributed by atoms with Crippen LogP contribution < -0.4 is 4.90 Å². The van der Waals surface area contributed by atoms with E-state index in [1.165, 1.54) is 47.8 Å². The zero-order valence-corrected chi connectivity index (χ0v) is 27.3. The van der Waals surface area contributed by atoms with Gasteiger partial charge in [0.2, 0.25) is 0 Å². The summed E-state index contributed by atoms with van der Waals surface area (Å²) in [6.45, 7) is 0. The second-order valence-electron chi connectivity index (χ2n) is 12.5. The zero-order chi connectivity index (χ0) is 32.3. The van der Waals surface area contributed by atoms with Gasteiger partial charge in [-0.2, -0.15) is 0 Å². The molecule has 0 radical (unpaired) electrons. The molecule has 0 N–H and O–H groups in total. The normalized spacial score (nSPS) is 11.7. The van der Waals surface area contributed by atoms with Crippen LogP contribution in [0, 0.1) is 0 Å². The van der Waals surface area contributed by atoms with E-state index in [0.29, 0.717) is 0 Å². The van der Waals surface area contributed by atoms with Crippen LogP contribution >= 0.6 is 11.3 Å². The molecule has 0 saturated carbocycles. The quantitative estimate of drug-likeness (QED) is 0.186. The van der Waals surface area contributed by atoms with Crippen LogP contribution in [-0.2, 0) is 0 Å². The van der Waals surface area contributed by atoms with Crippen molar-refractivity contribution >= 4 is 81.3 Å². The zero-order valence-electron chi connectivity index (χ0n) is 26.5. The fourth-order valence-electron chi connectivity index (χ4n) is 7.44. The van der Waals surface area contributed by atoms with Crippen molar-refractivity contribution in [3.8, 4) is 22.3 Å². The predicted molar refractivity (Wildman–Crippen MR) is 210 cm³/mol. The lowest BCUT2D eigenvalue weighted by Gasteiger charge is -2.27. The molecule has 2 heterocycles. The van der Waals surface area contributed by atoms with E-state index >= 15 is 0 Å². The highest BCUT2D eigenvalue weighted by atomic mass is 32.1. The van der Waals surface area contributed by atoms with Crippen molar-refractivity contribution in [2.24, 2.45) is 0 Å². The van der Waals surface area contributed by atoms with Crippen LogP contribution in [0.2, 0.25) is 0 Å². The highest BCUT2D eigenvalue weighted by Gasteiger charge is 2.20. The van der Waals surface area contributed by atoms with Crippen molar-refractivity contribution in [1.82, 2.24) is 0 Å². The molecule has 0 spiro atoms. The molecule has 3 heteroatoms. The highest BCUT2D eigenvalue weighted by molar-refractivity contribution is 7.26. The minimum Gasteiger partial charge on any atom is -0.455 e. The first-order chi connectivity index (χ1) is 24.3. The van der Waals surface area contributed by atoms with E-state index in [9.17, 15) is 0 Å². The van der Waals surface area contributed by atoms with Gasteiger partial charge in [0.25, 0.3) is 0 Å². The first kappa shape index (κ1) is 27.9. The van der Waals surface area contributed by atoms with Gasteiger partial charge in [-0.15, -0.1) is 11.3 Å². The van der Waals surface area contributed by atoms with Crippen LogP contribution in [0.15, 0.2) is 180 Å². The topological polar surface area (TPSA) is 16.4 Å². The molecular weight excluding hydrogens is 615 g/mol. The second kappa shape index (κ2) is 11.2. The summed E-state index contributed by atoms with van der Waals surface area (Å²) in [5.41, 5.74) is 9.98. The molecule has 0 aliphatic carbocycles. The van der Waals surface area contributed by atoms with E-state index in [0.717, 1.165) is 44.4 Å². The number of thiophene rings is 1. The van der Waals surface area contributed by atoms with Crippen molar-refractivity contribution in [3.63, 3.8) is 0 Å². The monoisotopic (exact) mass is 643 g/mol.